The van der Waals surface area contributed by atoms with Gasteiger partial charge in [0.2, 0.25) is 0 Å². The fourth-order valence-corrected chi connectivity index (χ4v) is 3.57. The van der Waals surface area contributed by atoms with Gasteiger partial charge in [-0.3, -0.25) is 4.90 Å². The summed E-state index contributed by atoms with van der Waals surface area (Å²) in [4.78, 5) is 2.69. The summed E-state index contributed by atoms with van der Waals surface area (Å²) in [6, 6.07) is 9.20. The first-order chi connectivity index (χ1) is 10.4. The average Bonchev–Trinajstić information content (AvgIpc) is 3.30. The highest BCUT2D eigenvalue weighted by molar-refractivity contribution is 5.80. The summed E-state index contributed by atoms with van der Waals surface area (Å²) in [7, 11) is 0. The Morgan fingerprint density at radius 1 is 1.19 bits per heavy atom. The number of fused-ring (bicyclic) bond motifs is 1. The normalized spacial score (nSPS) is 23.0. The lowest BCUT2D eigenvalue weighted by Gasteiger charge is -2.30. The van der Waals surface area contributed by atoms with Crippen LogP contribution in [0.25, 0.3) is 11.0 Å². The van der Waals surface area contributed by atoms with E-state index in [0.29, 0.717) is 0 Å². The first-order valence-electron chi connectivity index (χ1n) is 8.30. The van der Waals surface area contributed by atoms with Crippen molar-refractivity contribution in [3.63, 3.8) is 0 Å². The zero-order chi connectivity index (χ0) is 14.1. The lowest BCUT2D eigenvalue weighted by molar-refractivity contribution is 0.193. The molecule has 3 heteroatoms. The third-order valence-electron chi connectivity index (χ3n) is 4.89. The van der Waals surface area contributed by atoms with Crippen molar-refractivity contribution in [2.45, 2.75) is 38.3 Å². The van der Waals surface area contributed by atoms with Crippen LogP contribution in [0.2, 0.25) is 0 Å². The maximum atomic E-state index is 5.70. The van der Waals surface area contributed by atoms with Gasteiger partial charge in [0.05, 0.1) is 6.26 Å². The van der Waals surface area contributed by atoms with Gasteiger partial charge in [0.25, 0.3) is 0 Å². The fourth-order valence-electron chi connectivity index (χ4n) is 3.57. The molecule has 112 valence electrons. The molecule has 0 radical (unpaired) electrons. The molecule has 2 aromatic rings. The lowest BCUT2D eigenvalue weighted by Crippen LogP contribution is -2.39. The van der Waals surface area contributed by atoms with Crippen molar-refractivity contribution < 1.29 is 4.42 Å². The summed E-state index contributed by atoms with van der Waals surface area (Å²) in [5.74, 6) is 0.817. The Balaban J connectivity index is 1.49. The summed E-state index contributed by atoms with van der Waals surface area (Å²) in [5.41, 5.74) is 2.36. The molecule has 2 fully saturated rings. The zero-order valence-corrected chi connectivity index (χ0v) is 12.6. The molecular formula is C18H24N2O. The van der Waals surface area contributed by atoms with Crippen LogP contribution >= 0.6 is 0 Å². The maximum Gasteiger partial charge on any atom is 0.134 e. The van der Waals surface area contributed by atoms with E-state index in [1.54, 1.807) is 0 Å². The molecule has 1 aromatic heterocycles. The molecule has 1 aromatic carbocycles. The number of nitrogens with one attached hydrogen (secondary N) is 1. The van der Waals surface area contributed by atoms with Crippen LogP contribution in [0.5, 0.6) is 0 Å². The molecule has 0 bridgehead atoms. The highest BCUT2D eigenvalue weighted by Gasteiger charge is 2.31. The second kappa shape index (κ2) is 5.82. The summed E-state index contributed by atoms with van der Waals surface area (Å²) in [6.45, 7) is 4.66. The van der Waals surface area contributed by atoms with Crippen molar-refractivity contribution in [3.8, 4) is 0 Å². The van der Waals surface area contributed by atoms with Crippen LogP contribution in [0.15, 0.2) is 34.9 Å². The summed E-state index contributed by atoms with van der Waals surface area (Å²) in [5, 5.41) is 4.83. The molecular weight excluding hydrogens is 260 g/mol. The van der Waals surface area contributed by atoms with Gasteiger partial charge in [0.15, 0.2) is 0 Å². The molecule has 1 saturated carbocycles. The molecule has 1 unspecified atom stereocenters. The van der Waals surface area contributed by atoms with Crippen LogP contribution < -0.4 is 5.32 Å². The summed E-state index contributed by atoms with van der Waals surface area (Å²) >= 11 is 0. The number of hydrogen-bond donors (Lipinski definition) is 1. The topological polar surface area (TPSA) is 28.4 Å². The molecule has 1 atom stereocenters. The molecule has 3 nitrogen and oxygen atoms in total. The smallest absolute Gasteiger partial charge is 0.134 e. The molecule has 1 N–H and O–H groups in total. The third-order valence-corrected chi connectivity index (χ3v) is 4.89. The van der Waals surface area contributed by atoms with E-state index in [1.807, 2.05) is 12.3 Å². The van der Waals surface area contributed by atoms with Crippen molar-refractivity contribution in [1.29, 1.82) is 0 Å². The quantitative estimate of drug-likeness (QED) is 0.912. The van der Waals surface area contributed by atoms with E-state index in [-0.39, 0.29) is 0 Å². The van der Waals surface area contributed by atoms with Crippen molar-refractivity contribution in [2.75, 3.05) is 19.6 Å². The molecule has 2 heterocycles. The van der Waals surface area contributed by atoms with Gasteiger partial charge in [-0.1, -0.05) is 18.2 Å². The Kier molecular flexibility index (Phi) is 3.70. The van der Waals surface area contributed by atoms with E-state index < -0.39 is 0 Å². The molecule has 0 spiro atoms. The maximum absolute atomic E-state index is 5.70. The largest absolute Gasteiger partial charge is 0.464 e. The van der Waals surface area contributed by atoms with E-state index in [4.69, 9.17) is 4.42 Å². The second-order valence-corrected chi connectivity index (χ2v) is 6.63. The number of para-hydroxylation sites is 1. The molecule has 21 heavy (non-hydrogen) atoms. The fraction of sp³-hybridized carbons (Fsp3) is 0.556. The second-order valence-electron chi connectivity index (χ2n) is 6.63. The van der Waals surface area contributed by atoms with Gasteiger partial charge in [-0.2, -0.15) is 0 Å². The SMILES string of the molecule is c1ccc2c(CN(CC3CCCNC3)C3CC3)coc2c1. The molecule has 2 aliphatic rings. The Hall–Kier alpha value is -1.32. The van der Waals surface area contributed by atoms with Crippen LogP contribution in [0.3, 0.4) is 0 Å². The summed E-state index contributed by atoms with van der Waals surface area (Å²) < 4.78 is 5.70. The van der Waals surface area contributed by atoms with Crippen molar-refractivity contribution in [2.24, 2.45) is 5.92 Å². The number of hydrogen-bond acceptors (Lipinski definition) is 3. The molecule has 1 aliphatic carbocycles. The van der Waals surface area contributed by atoms with E-state index in [0.717, 1.165) is 24.1 Å². The van der Waals surface area contributed by atoms with Crippen LogP contribution in [0, 0.1) is 5.92 Å². The van der Waals surface area contributed by atoms with E-state index in [1.165, 1.54) is 56.3 Å². The minimum atomic E-state index is 0.806. The van der Waals surface area contributed by atoms with Gasteiger partial charge >= 0.3 is 0 Å². The number of nitrogens with zero attached hydrogens (tertiary/aromatic N) is 1. The number of rotatable bonds is 5. The highest BCUT2D eigenvalue weighted by atomic mass is 16.3. The first kappa shape index (κ1) is 13.4. The predicted molar refractivity (Wildman–Crippen MR) is 85.2 cm³/mol. The Morgan fingerprint density at radius 2 is 2.10 bits per heavy atom. The summed E-state index contributed by atoms with van der Waals surface area (Å²) in [6.07, 6.45) is 7.41. The molecule has 4 rings (SSSR count). The van der Waals surface area contributed by atoms with Crippen LogP contribution in [-0.2, 0) is 6.54 Å². The minimum Gasteiger partial charge on any atom is -0.464 e. The first-order valence-corrected chi connectivity index (χ1v) is 8.30. The zero-order valence-electron chi connectivity index (χ0n) is 12.6. The third kappa shape index (κ3) is 2.99. The van der Waals surface area contributed by atoms with Gasteiger partial charge in [-0.05, 0) is 50.8 Å². The molecule has 1 saturated heterocycles. The average molecular weight is 284 g/mol. The van der Waals surface area contributed by atoms with E-state index >= 15 is 0 Å². The van der Waals surface area contributed by atoms with Gasteiger partial charge in [-0.25, -0.2) is 0 Å². The van der Waals surface area contributed by atoms with Crippen LogP contribution in [-0.4, -0.2) is 30.6 Å². The van der Waals surface area contributed by atoms with Gasteiger partial charge in [-0.15, -0.1) is 0 Å². The Bertz CT molecular complexity index is 596. The lowest BCUT2D eigenvalue weighted by atomic mass is 9.98. The van der Waals surface area contributed by atoms with Crippen molar-refractivity contribution in [1.82, 2.24) is 10.2 Å². The predicted octanol–water partition coefficient (Wildman–Crippen LogP) is 3.40. The standard InChI is InChI=1S/C18H24N2O/c1-2-6-18-17(5-1)15(13-21-18)12-20(16-7-8-16)11-14-4-3-9-19-10-14/h1-2,5-6,13-14,16,19H,3-4,7-12H2. The van der Waals surface area contributed by atoms with E-state index in [9.17, 15) is 0 Å². The molecule has 0 amide bonds. The van der Waals surface area contributed by atoms with Gasteiger partial charge in [0.1, 0.15) is 5.58 Å². The number of piperidine rings is 1. The van der Waals surface area contributed by atoms with Gasteiger partial charge < -0.3 is 9.73 Å². The number of furan rings is 1. The Morgan fingerprint density at radius 3 is 2.90 bits per heavy atom. The van der Waals surface area contributed by atoms with Crippen molar-refractivity contribution >= 4 is 11.0 Å². The number of benzene rings is 1. The van der Waals surface area contributed by atoms with Gasteiger partial charge in [0, 0.05) is 30.1 Å². The Labute approximate surface area is 126 Å². The van der Waals surface area contributed by atoms with E-state index in [2.05, 4.69) is 28.4 Å². The monoisotopic (exact) mass is 284 g/mol. The van der Waals surface area contributed by atoms with Crippen molar-refractivity contribution in [3.05, 3.63) is 36.1 Å². The molecule has 1 aliphatic heterocycles. The van der Waals surface area contributed by atoms with Crippen LogP contribution in [0.1, 0.15) is 31.2 Å². The highest BCUT2D eigenvalue weighted by Crippen LogP contribution is 2.31. The minimum absolute atomic E-state index is 0.806. The van der Waals surface area contributed by atoms with Crippen LogP contribution in [0.4, 0.5) is 0 Å².